The highest BCUT2D eigenvalue weighted by Gasteiger charge is 2.41. The van der Waals surface area contributed by atoms with E-state index in [0.29, 0.717) is 30.6 Å². The summed E-state index contributed by atoms with van der Waals surface area (Å²) >= 11 is 0. The van der Waals surface area contributed by atoms with Crippen molar-refractivity contribution in [2.24, 2.45) is 17.8 Å². The molecular weight excluding hydrogens is 493 g/mol. The van der Waals surface area contributed by atoms with Crippen molar-refractivity contribution in [1.29, 1.82) is 0 Å². The first-order chi connectivity index (χ1) is 14.6. The highest BCUT2D eigenvalue weighted by atomic mass is 31.3. The third-order valence-corrected chi connectivity index (χ3v) is 8.78. The van der Waals surface area contributed by atoms with Crippen LogP contribution in [-0.2, 0) is 33.4 Å². The van der Waals surface area contributed by atoms with E-state index in [0.717, 1.165) is 0 Å². The summed E-state index contributed by atoms with van der Waals surface area (Å²) in [6, 6.07) is 0. The predicted octanol–water partition coefficient (Wildman–Crippen LogP) is 0.996. The number of imidazole rings is 1. The van der Waals surface area contributed by atoms with Gasteiger partial charge in [-0.25, -0.2) is 18.7 Å². The molecule has 2 unspecified atom stereocenters. The molecule has 0 aromatic carbocycles. The molecule has 3 rings (SSSR count). The fourth-order valence-electron chi connectivity index (χ4n) is 3.74. The Labute approximate surface area is 181 Å². The molecule has 1 fully saturated rings. The maximum absolute atomic E-state index is 11.9. The molecule has 0 aliphatic heterocycles. The number of anilines is 2. The molecule has 5 atom stereocenters. The van der Waals surface area contributed by atoms with Crippen LogP contribution in [0.2, 0.25) is 0 Å². The molecule has 180 valence electrons. The minimum Gasteiger partial charge on any atom is -0.382 e. The van der Waals surface area contributed by atoms with Gasteiger partial charge >= 0.3 is 23.5 Å². The monoisotopic (exact) mass is 516 g/mol. The Morgan fingerprint density at radius 3 is 2.44 bits per heavy atom. The molecule has 19 heteroatoms. The van der Waals surface area contributed by atoms with Crippen LogP contribution in [0.4, 0.5) is 11.8 Å². The number of aromatic nitrogens is 4. The Morgan fingerprint density at radius 1 is 1.09 bits per heavy atom. The summed E-state index contributed by atoms with van der Waals surface area (Å²) in [5.74, 6) is 0.280. The first kappa shape index (κ1) is 25.2. The molecular formula is C13H23N6O10P3. The lowest BCUT2D eigenvalue weighted by molar-refractivity contribution is 0.152. The molecule has 8 N–H and O–H groups in total. The summed E-state index contributed by atoms with van der Waals surface area (Å²) in [7, 11) is -16.1. The van der Waals surface area contributed by atoms with Crippen LogP contribution in [0.5, 0.6) is 0 Å². The Morgan fingerprint density at radius 2 is 1.78 bits per heavy atom. The van der Waals surface area contributed by atoms with Crippen LogP contribution in [0, 0.1) is 17.8 Å². The number of fused-ring (bicyclic) bond motifs is 1. The quantitative estimate of drug-likeness (QED) is 0.254. The van der Waals surface area contributed by atoms with E-state index < -0.39 is 23.5 Å². The van der Waals surface area contributed by atoms with Crippen molar-refractivity contribution in [2.75, 3.05) is 18.1 Å². The minimum absolute atomic E-state index is 0.0186. The minimum atomic E-state index is -5.54. The van der Waals surface area contributed by atoms with Crippen molar-refractivity contribution in [1.82, 2.24) is 19.5 Å². The smallest absolute Gasteiger partial charge is 0.382 e. The summed E-state index contributed by atoms with van der Waals surface area (Å²) in [4.78, 5) is 48.1. The lowest BCUT2D eigenvalue weighted by Crippen LogP contribution is -2.14. The zero-order valence-electron chi connectivity index (χ0n) is 16.7. The van der Waals surface area contributed by atoms with Gasteiger partial charge in [-0.15, -0.1) is 0 Å². The number of phosphoric acid groups is 3. The zero-order valence-corrected chi connectivity index (χ0v) is 19.3. The van der Waals surface area contributed by atoms with Crippen molar-refractivity contribution >= 4 is 46.4 Å². The first-order valence-electron chi connectivity index (χ1n) is 9.16. The lowest BCUT2D eigenvalue weighted by Gasteiger charge is -2.18. The predicted molar refractivity (Wildman–Crippen MR) is 109 cm³/mol. The van der Waals surface area contributed by atoms with Gasteiger partial charge in [-0.1, -0.05) is 6.92 Å². The van der Waals surface area contributed by atoms with Crippen LogP contribution < -0.4 is 11.5 Å². The SMILES string of the molecule is C[C@H]1C[C@@H](COP(=O)(O)OP(=O)(O)OP(=O)(O)O)C[C@H]1Cn1cnc2c(N)nc(N)nc21. The van der Waals surface area contributed by atoms with Crippen LogP contribution in [0.25, 0.3) is 11.2 Å². The van der Waals surface area contributed by atoms with Gasteiger partial charge in [0.1, 0.15) is 5.52 Å². The van der Waals surface area contributed by atoms with E-state index >= 15 is 0 Å². The maximum Gasteiger partial charge on any atom is 0.490 e. The summed E-state index contributed by atoms with van der Waals surface area (Å²) in [5.41, 5.74) is 12.4. The van der Waals surface area contributed by atoms with Gasteiger partial charge in [0.15, 0.2) is 11.5 Å². The molecule has 16 nitrogen and oxygen atoms in total. The van der Waals surface area contributed by atoms with Crippen LogP contribution in [0.3, 0.4) is 0 Å². The summed E-state index contributed by atoms with van der Waals surface area (Å²) in [5, 5.41) is 0. The van der Waals surface area contributed by atoms with Gasteiger partial charge in [-0.2, -0.15) is 18.6 Å². The molecule has 1 aliphatic rings. The van der Waals surface area contributed by atoms with Gasteiger partial charge in [-0.05, 0) is 30.6 Å². The van der Waals surface area contributed by atoms with Crippen molar-refractivity contribution in [3.63, 3.8) is 0 Å². The van der Waals surface area contributed by atoms with Crippen LogP contribution in [0.15, 0.2) is 6.33 Å². The van der Waals surface area contributed by atoms with E-state index in [1.54, 1.807) is 10.9 Å². The zero-order chi connectivity index (χ0) is 23.9. The average Bonchev–Trinajstić information content (AvgIpc) is 3.14. The Balaban J connectivity index is 1.59. The number of nitrogen functional groups attached to an aromatic ring is 2. The van der Waals surface area contributed by atoms with Gasteiger partial charge in [-0.3, -0.25) is 4.52 Å². The third kappa shape index (κ3) is 6.55. The molecule has 2 aromatic rings. The molecule has 1 aliphatic carbocycles. The van der Waals surface area contributed by atoms with Gasteiger partial charge in [0.2, 0.25) is 5.95 Å². The van der Waals surface area contributed by atoms with Crippen LogP contribution >= 0.6 is 23.5 Å². The van der Waals surface area contributed by atoms with E-state index in [9.17, 15) is 23.5 Å². The van der Waals surface area contributed by atoms with Gasteiger partial charge in [0.25, 0.3) is 0 Å². The molecule has 2 heterocycles. The summed E-state index contributed by atoms with van der Waals surface area (Å²) in [6.07, 6.45) is 2.76. The number of phosphoric ester groups is 1. The second-order valence-corrected chi connectivity index (χ2v) is 11.9. The van der Waals surface area contributed by atoms with E-state index in [2.05, 4.69) is 23.6 Å². The Bertz CT molecular complexity index is 1140. The van der Waals surface area contributed by atoms with Gasteiger partial charge in [0.05, 0.1) is 12.9 Å². The standard InChI is InChI=1S/C13H23N6O10P3/c1-7-2-8(5-27-31(23,24)29-32(25,26)28-30(20,21)22)3-9(7)4-19-6-16-10-11(14)17-13(15)18-12(10)19/h6-9H,2-5H2,1H3,(H,23,24)(H,25,26)(H2,20,21,22)(H4,14,15,17,18)/t7-,8+,9-/m0/s1. The molecule has 1 saturated carbocycles. The lowest BCUT2D eigenvalue weighted by atomic mass is 9.98. The molecule has 0 radical (unpaired) electrons. The number of nitrogens with two attached hydrogens (primary N) is 2. The summed E-state index contributed by atoms with van der Waals surface area (Å²) in [6.45, 7) is 2.21. The van der Waals surface area contributed by atoms with Crippen molar-refractivity contribution in [2.45, 2.75) is 26.3 Å². The van der Waals surface area contributed by atoms with E-state index in [1.807, 2.05) is 6.92 Å². The molecule has 2 aromatic heterocycles. The van der Waals surface area contributed by atoms with Gasteiger partial charge in [0, 0.05) is 6.54 Å². The fourth-order valence-corrected chi connectivity index (χ4v) is 6.83. The van der Waals surface area contributed by atoms with E-state index in [4.69, 9.17) is 25.8 Å². The number of nitrogens with zero attached hydrogens (tertiary/aromatic N) is 4. The number of rotatable bonds is 9. The van der Waals surface area contributed by atoms with Gasteiger partial charge < -0.3 is 35.6 Å². The highest BCUT2D eigenvalue weighted by Crippen LogP contribution is 2.66. The van der Waals surface area contributed by atoms with E-state index in [1.165, 1.54) is 0 Å². The number of hydrogen-bond donors (Lipinski definition) is 6. The molecule has 0 spiro atoms. The molecule has 0 bridgehead atoms. The fraction of sp³-hybridized carbons (Fsp3) is 0.615. The van der Waals surface area contributed by atoms with Crippen molar-refractivity contribution in [3.05, 3.63) is 6.33 Å². The van der Waals surface area contributed by atoms with E-state index in [-0.39, 0.29) is 36.1 Å². The topological polar surface area (TPSA) is 255 Å². The normalized spacial score (nSPS) is 25.6. The second kappa shape index (κ2) is 9.07. The van der Waals surface area contributed by atoms with Crippen LogP contribution in [0.1, 0.15) is 19.8 Å². The number of hydrogen-bond acceptors (Lipinski definition) is 11. The molecule has 0 saturated heterocycles. The van der Waals surface area contributed by atoms with Crippen molar-refractivity contribution in [3.8, 4) is 0 Å². The Hall–Kier alpha value is -1.44. The third-order valence-electron chi connectivity index (χ3n) is 4.97. The second-order valence-electron chi connectivity index (χ2n) is 7.50. The Kier molecular flexibility index (Phi) is 7.14. The first-order valence-corrected chi connectivity index (χ1v) is 13.7. The molecule has 0 amide bonds. The largest absolute Gasteiger partial charge is 0.490 e. The summed E-state index contributed by atoms with van der Waals surface area (Å²) < 4.78 is 47.9. The van der Waals surface area contributed by atoms with Crippen molar-refractivity contribution < 1.29 is 46.4 Å². The maximum atomic E-state index is 11.9. The van der Waals surface area contributed by atoms with Crippen LogP contribution in [-0.4, -0.2) is 45.7 Å². The molecule has 32 heavy (non-hydrogen) atoms. The highest BCUT2D eigenvalue weighted by molar-refractivity contribution is 7.66. The average molecular weight is 516 g/mol.